The van der Waals surface area contributed by atoms with Crippen LogP contribution in [-0.2, 0) is 10.3 Å². The monoisotopic (exact) mass is 292 g/mol. The Morgan fingerprint density at radius 1 is 1.10 bits per heavy atom. The molecular formula is C16H24N2O3. The van der Waals surface area contributed by atoms with Crippen molar-refractivity contribution in [3.8, 4) is 0 Å². The lowest BCUT2D eigenvalue weighted by Gasteiger charge is -2.31. The SMILES string of the molecule is CC(NC(=O)NC(C)(C(=O)O)c1ccccc1)C(C)(C)C. The predicted octanol–water partition coefficient (Wildman–Crippen LogP) is 2.72. The average Bonchev–Trinajstić information content (AvgIpc) is 2.38. The first-order valence-electron chi connectivity index (χ1n) is 6.95. The van der Waals surface area contributed by atoms with Crippen LogP contribution in [0.3, 0.4) is 0 Å². The van der Waals surface area contributed by atoms with Crippen molar-refractivity contribution < 1.29 is 14.7 Å². The number of benzene rings is 1. The molecule has 2 atom stereocenters. The normalized spacial score (nSPS) is 15.7. The van der Waals surface area contributed by atoms with Crippen LogP contribution in [0.1, 0.15) is 40.2 Å². The van der Waals surface area contributed by atoms with Crippen LogP contribution in [0.15, 0.2) is 30.3 Å². The van der Waals surface area contributed by atoms with Gasteiger partial charge < -0.3 is 15.7 Å². The number of urea groups is 1. The van der Waals surface area contributed by atoms with Crippen LogP contribution in [-0.4, -0.2) is 23.1 Å². The second-order valence-electron chi connectivity index (χ2n) is 6.48. The van der Waals surface area contributed by atoms with Gasteiger partial charge >= 0.3 is 12.0 Å². The van der Waals surface area contributed by atoms with Crippen molar-refractivity contribution in [1.82, 2.24) is 10.6 Å². The molecule has 116 valence electrons. The Bertz CT molecular complexity index is 508. The van der Waals surface area contributed by atoms with Gasteiger partial charge in [-0.25, -0.2) is 9.59 Å². The van der Waals surface area contributed by atoms with E-state index in [0.29, 0.717) is 5.56 Å². The molecule has 0 aliphatic carbocycles. The van der Waals surface area contributed by atoms with E-state index >= 15 is 0 Å². The number of hydrogen-bond donors (Lipinski definition) is 3. The van der Waals surface area contributed by atoms with Gasteiger partial charge in [0.1, 0.15) is 0 Å². The highest BCUT2D eigenvalue weighted by atomic mass is 16.4. The fourth-order valence-corrected chi connectivity index (χ4v) is 1.70. The maximum atomic E-state index is 12.1. The van der Waals surface area contributed by atoms with Gasteiger partial charge in [0, 0.05) is 6.04 Å². The van der Waals surface area contributed by atoms with E-state index in [-0.39, 0.29) is 11.5 Å². The van der Waals surface area contributed by atoms with E-state index in [0.717, 1.165) is 0 Å². The Kier molecular flexibility index (Phi) is 4.99. The Labute approximate surface area is 125 Å². The van der Waals surface area contributed by atoms with Crippen LogP contribution in [0.5, 0.6) is 0 Å². The Balaban J connectivity index is 2.90. The molecule has 3 N–H and O–H groups in total. The summed E-state index contributed by atoms with van der Waals surface area (Å²) in [5, 5.41) is 14.8. The largest absolute Gasteiger partial charge is 0.479 e. The van der Waals surface area contributed by atoms with Crippen LogP contribution >= 0.6 is 0 Å². The van der Waals surface area contributed by atoms with Crippen LogP contribution in [0.2, 0.25) is 0 Å². The molecule has 2 amide bonds. The van der Waals surface area contributed by atoms with Crippen molar-refractivity contribution in [1.29, 1.82) is 0 Å². The first-order chi connectivity index (χ1) is 9.57. The molecule has 5 nitrogen and oxygen atoms in total. The lowest BCUT2D eigenvalue weighted by Crippen LogP contribution is -2.55. The van der Waals surface area contributed by atoms with Crippen molar-refractivity contribution in [2.45, 2.75) is 46.2 Å². The molecule has 0 fully saturated rings. The van der Waals surface area contributed by atoms with Gasteiger partial charge in [0.15, 0.2) is 5.54 Å². The molecule has 0 aromatic heterocycles. The molecule has 0 aliphatic heterocycles. The molecule has 5 heteroatoms. The number of carbonyl (C=O) groups is 2. The number of aliphatic carboxylic acids is 1. The van der Waals surface area contributed by atoms with E-state index in [2.05, 4.69) is 10.6 Å². The fourth-order valence-electron chi connectivity index (χ4n) is 1.70. The van der Waals surface area contributed by atoms with Crippen molar-refractivity contribution in [2.24, 2.45) is 5.41 Å². The third kappa shape index (κ3) is 4.21. The number of hydrogen-bond acceptors (Lipinski definition) is 2. The topological polar surface area (TPSA) is 78.4 Å². The predicted molar refractivity (Wildman–Crippen MR) is 82.0 cm³/mol. The first-order valence-corrected chi connectivity index (χ1v) is 6.95. The van der Waals surface area contributed by atoms with Gasteiger partial charge in [-0.1, -0.05) is 51.1 Å². The molecule has 0 saturated heterocycles. The summed E-state index contributed by atoms with van der Waals surface area (Å²) in [6.07, 6.45) is 0. The first kappa shape index (κ1) is 17.0. The van der Waals surface area contributed by atoms with Crippen LogP contribution in [0, 0.1) is 5.41 Å². The minimum absolute atomic E-state index is 0.0914. The minimum atomic E-state index is -1.47. The third-order valence-electron chi connectivity index (χ3n) is 3.79. The molecule has 2 unspecified atom stereocenters. The molecule has 0 heterocycles. The Hall–Kier alpha value is -2.04. The molecule has 0 bridgehead atoms. The summed E-state index contributed by atoms with van der Waals surface area (Å²) in [6.45, 7) is 9.38. The standard InChI is InChI=1S/C16H24N2O3/c1-11(15(2,3)4)17-14(21)18-16(5,13(19)20)12-9-7-6-8-10-12/h6-11H,1-5H3,(H,19,20)(H2,17,18,21). The molecule has 21 heavy (non-hydrogen) atoms. The molecule has 1 aromatic rings. The summed E-state index contributed by atoms with van der Waals surface area (Å²) >= 11 is 0. The fraction of sp³-hybridized carbons (Fsp3) is 0.500. The van der Waals surface area contributed by atoms with E-state index < -0.39 is 17.5 Å². The number of nitrogens with one attached hydrogen (secondary N) is 2. The summed E-state index contributed by atoms with van der Waals surface area (Å²) < 4.78 is 0. The lowest BCUT2D eigenvalue weighted by atomic mass is 9.88. The van der Waals surface area contributed by atoms with Gasteiger partial charge in [-0.3, -0.25) is 0 Å². The summed E-state index contributed by atoms with van der Waals surface area (Å²) in [5.74, 6) is -1.10. The molecule has 1 rings (SSSR count). The van der Waals surface area contributed by atoms with Crippen LogP contribution in [0.4, 0.5) is 4.79 Å². The molecule has 0 radical (unpaired) electrons. The number of carbonyl (C=O) groups excluding carboxylic acids is 1. The highest BCUT2D eigenvalue weighted by Crippen LogP contribution is 2.22. The van der Waals surface area contributed by atoms with Crippen molar-refractivity contribution in [2.75, 3.05) is 0 Å². The summed E-state index contributed by atoms with van der Waals surface area (Å²) in [6, 6.07) is 8.07. The summed E-state index contributed by atoms with van der Waals surface area (Å²) in [4.78, 5) is 23.7. The quantitative estimate of drug-likeness (QED) is 0.798. The zero-order chi connectivity index (χ0) is 16.3. The van der Waals surface area contributed by atoms with E-state index in [9.17, 15) is 14.7 Å². The maximum Gasteiger partial charge on any atom is 0.333 e. The second-order valence-corrected chi connectivity index (χ2v) is 6.48. The van der Waals surface area contributed by atoms with E-state index in [1.165, 1.54) is 6.92 Å². The minimum Gasteiger partial charge on any atom is -0.479 e. The number of carboxylic acids is 1. The van der Waals surface area contributed by atoms with Crippen LogP contribution in [0.25, 0.3) is 0 Å². The second kappa shape index (κ2) is 6.16. The highest BCUT2D eigenvalue weighted by Gasteiger charge is 2.37. The maximum absolute atomic E-state index is 12.1. The van der Waals surface area contributed by atoms with Crippen molar-refractivity contribution >= 4 is 12.0 Å². The lowest BCUT2D eigenvalue weighted by molar-refractivity contribution is -0.144. The smallest absolute Gasteiger partial charge is 0.333 e. The van der Waals surface area contributed by atoms with Crippen molar-refractivity contribution in [3.63, 3.8) is 0 Å². The van der Waals surface area contributed by atoms with Gasteiger partial charge in [-0.15, -0.1) is 0 Å². The van der Waals surface area contributed by atoms with Gasteiger partial charge in [0.25, 0.3) is 0 Å². The van der Waals surface area contributed by atoms with E-state index in [1.54, 1.807) is 30.3 Å². The zero-order valence-corrected chi connectivity index (χ0v) is 13.2. The molecule has 0 saturated carbocycles. The number of rotatable bonds is 4. The number of carboxylic acid groups (broad SMARTS) is 1. The summed E-state index contributed by atoms with van der Waals surface area (Å²) in [7, 11) is 0. The molecule has 1 aromatic carbocycles. The Morgan fingerprint density at radius 2 is 1.62 bits per heavy atom. The third-order valence-corrected chi connectivity index (χ3v) is 3.79. The zero-order valence-electron chi connectivity index (χ0n) is 13.2. The average molecular weight is 292 g/mol. The summed E-state index contributed by atoms with van der Waals surface area (Å²) in [5.41, 5.74) is -1.05. The van der Waals surface area contributed by atoms with Gasteiger partial charge in [0.2, 0.25) is 0 Å². The van der Waals surface area contributed by atoms with Gasteiger partial charge in [0.05, 0.1) is 0 Å². The van der Waals surface area contributed by atoms with E-state index in [4.69, 9.17) is 0 Å². The van der Waals surface area contributed by atoms with Crippen molar-refractivity contribution in [3.05, 3.63) is 35.9 Å². The number of amides is 2. The molecule has 0 aliphatic rings. The molecular weight excluding hydrogens is 268 g/mol. The van der Waals surface area contributed by atoms with E-state index in [1.807, 2.05) is 27.7 Å². The van der Waals surface area contributed by atoms with Gasteiger partial charge in [-0.05, 0) is 24.8 Å². The molecule has 0 spiro atoms. The van der Waals surface area contributed by atoms with Gasteiger partial charge in [-0.2, -0.15) is 0 Å². The highest BCUT2D eigenvalue weighted by molar-refractivity contribution is 5.87. The Morgan fingerprint density at radius 3 is 2.05 bits per heavy atom. The van der Waals surface area contributed by atoms with Crippen LogP contribution < -0.4 is 10.6 Å².